The number of nitrogens with zero attached hydrogens (tertiary/aromatic N) is 6. The number of imidazole rings is 1. The minimum absolute atomic E-state index is 0.438. The van der Waals surface area contributed by atoms with Gasteiger partial charge in [-0.1, -0.05) is 5.16 Å². The molecule has 7 nitrogen and oxygen atoms in total. The molecule has 0 saturated carbocycles. The lowest BCUT2D eigenvalue weighted by Crippen LogP contribution is -2.31. The number of aromatic nitrogens is 5. The SMILES string of the molecule is Fc1cnc(N2CCc3onc(Cn4ccnc4)c3C2)nc1. The van der Waals surface area contributed by atoms with Crippen LogP contribution in [0.4, 0.5) is 10.3 Å². The quantitative estimate of drug-likeness (QED) is 0.728. The Hall–Kier alpha value is -2.77. The van der Waals surface area contributed by atoms with E-state index in [1.54, 1.807) is 12.5 Å². The highest BCUT2D eigenvalue weighted by Crippen LogP contribution is 2.25. The van der Waals surface area contributed by atoms with Crippen molar-refractivity contribution in [1.29, 1.82) is 0 Å². The van der Waals surface area contributed by atoms with Gasteiger partial charge >= 0.3 is 0 Å². The molecule has 4 heterocycles. The van der Waals surface area contributed by atoms with Crippen LogP contribution < -0.4 is 4.90 Å². The number of hydrogen-bond donors (Lipinski definition) is 0. The molecule has 0 aromatic carbocycles. The molecule has 0 radical (unpaired) electrons. The first-order valence-corrected chi connectivity index (χ1v) is 6.94. The van der Waals surface area contributed by atoms with E-state index < -0.39 is 5.82 Å². The minimum Gasteiger partial charge on any atom is -0.361 e. The van der Waals surface area contributed by atoms with Gasteiger partial charge in [0.1, 0.15) is 11.5 Å². The average Bonchev–Trinajstić information content (AvgIpc) is 3.18. The van der Waals surface area contributed by atoms with Crippen LogP contribution in [0.15, 0.2) is 35.6 Å². The molecule has 1 aliphatic heterocycles. The van der Waals surface area contributed by atoms with E-state index in [1.807, 2.05) is 15.7 Å². The summed E-state index contributed by atoms with van der Waals surface area (Å²) in [7, 11) is 0. The summed E-state index contributed by atoms with van der Waals surface area (Å²) in [5.41, 5.74) is 1.92. The Labute approximate surface area is 125 Å². The lowest BCUT2D eigenvalue weighted by Gasteiger charge is -2.26. The van der Waals surface area contributed by atoms with Crippen LogP contribution in [-0.2, 0) is 19.5 Å². The molecule has 0 atom stereocenters. The summed E-state index contributed by atoms with van der Waals surface area (Å²) in [5, 5.41) is 4.16. The van der Waals surface area contributed by atoms with Gasteiger partial charge in [-0.15, -0.1) is 0 Å². The van der Waals surface area contributed by atoms with Crippen LogP contribution in [0.25, 0.3) is 0 Å². The van der Waals surface area contributed by atoms with Gasteiger partial charge in [-0.25, -0.2) is 19.3 Å². The smallest absolute Gasteiger partial charge is 0.225 e. The van der Waals surface area contributed by atoms with Crippen molar-refractivity contribution < 1.29 is 8.91 Å². The highest BCUT2D eigenvalue weighted by atomic mass is 19.1. The Bertz CT molecular complexity index is 767. The van der Waals surface area contributed by atoms with Gasteiger partial charge in [0, 0.05) is 30.9 Å². The first kappa shape index (κ1) is 12.9. The Morgan fingerprint density at radius 3 is 2.91 bits per heavy atom. The van der Waals surface area contributed by atoms with Gasteiger partial charge in [0.25, 0.3) is 0 Å². The topological polar surface area (TPSA) is 72.9 Å². The minimum atomic E-state index is -0.438. The molecular formula is C14H13FN6O. The molecule has 0 spiro atoms. The number of fused-ring (bicyclic) bond motifs is 1. The zero-order valence-electron chi connectivity index (χ0n) is 11.7. The van der Waals surface area contributed by atoms with Crippen molar-refractivity contribution in [2.24, 2.45) is 0 Å². The second-order valence-electron chi connectivity index (χ2n) is 5.14. The fourth-order valence-corrected chi connectivity index (χ4v) is 2.58. The van der Waals surface area contributed by atoms with Gasteiger partial charge < -0.3 is 14.0 Å². The third kappa shape index (κ3) is 2.32. The molecule has 0 N–H and O–H groups in total. The summed E-state index contributed by atoms with van der Waals surface area (Å²) < 4.78 is 20.3. The van der Waals surface area contributed by atoms with Gasteiger partial charge in [-0.05, 0) is 0 Å². The molecule has 0 saturated heterocycles. The van der Waals surface area contributed by atoms with Crippen molar-refractivity contribution in [1.82, 2.24) is 24.7 Å². The Morgan fingerprint density at radius 2 is 2.14 bits per heavy atom. The van der Waals surface area contributed by atoms with Crippen LogP contribution >= 0.6 is 0 Å². The van der Waals surface area contributed by atoms with Gasteiger partial charge in [-0.2, -0.15) is 0 Å². The average molecular weight is 300 g/mol. The normalized spacial score (nSPS) is 14.1. The van der Waals surface area contributed by atoms with E-state index in [2.05, 4.69) is 20.1 Å². The largest absolute Gasteiger partial charge is 0.361 e. The zero-order valence-corrected chi connectivity index (χ0v) is 11.7. The monoisotopic (exact) mass is 300 g/mol. The Morgan fingerprint density at radius 1 is 1.27 bits per heavy atom. The second kappa shape index (κ2) is 5.21. The summed E-state index contributed by atoms with van der Waals surface area (Å²) in [6.45, 7) is 1.93. The van der Waals surface area contributed by atoms with Crippen molar-refractivity contribution >= 4 is 5.95 Å². The van der Waals surface area contributed by atoms with Crippen molar-refractivity contribution in [3.05, 3.63) is 53.9 Å². The van der Waals surface area contributed by atoms with E-state index in [-0.39, 0.29) is 0 Å². The molecule has 0 fully saturated rings. The van der Waals surface area contributed by atoms with E-state index in [0.717, 1.165) is 30.0 Å². The maximum atomic E-state index is 12.9. The molecule has 8 heteroatoms. The zero-order chi connectivity index (χ0) is 14.9. The molecule has 3 aromatic rings. The third-order valence-corrected chi connectivity index (χ3v) is 3.69. The predicted molar refractivity (Wildman–Crippen MR) is 74.6 cm³/mol. The first-order chi connectivity index (χ1) is 10.8. The highest BCUT2D eigenvalue weighted by Gasteiger charge is 2.25. The molecule has 3 aromatic heterocycles. The molecule has 4 rings (SSSR count). The molecule has 1 aliphatic rings. The fraction of sp³-hybridized carbons (Fsp3) is 0.286. The maximum Gasteiger partial charge on any atom is 0.225 e. The lowest BCUT2D eigenvalue weighted by molar-refractivity contribution is 0.371. The number of halogens is 1. The van der Waals surface area contributed by atoms with Crippen molar-refractivity contribution in [3.63, 3.8) is 0 Å². The summed E-state index contributed by atoms with van der Waals surface area (Å²) in [6, 6.07) is 0. The van der Waals surface area contributed by atoms with E-state index in [9.17, 15) is 4.39 Å². The molecule has 0 amide bonds. The van der Waals surface area contributed by atoms with Crippen LogP contribution in [0, 0.1) is 5.82 Å². The molecule has 0 unspecified atom stereocenters. The molecular weight excluding hydrogens is 287 g/mol. The van der Waals surface area contributed by atoms with Crippen LogP contribution in [-0.4, -0.2) is 31.2 Å². The standard InChI is InChI=1S/C14H13FN6O/c15-10-5-17-14(18-6-10)21-3-1-13-11(7-21)12(19-22-13)8-20-4-2-16-9-20/h2,4-6,9H,1,3,7-8H2. The molecule has 0 bridgehead atoms. The van der Waals surface area contributed by atoms with E-state index >= 15 is 0 Å². The van der Waals surface area contributed by atoms with E-state index in [4.69, 9.17) is 4.52 Å². The summed E-state index contributed by atoms with van der Waals surface area (Å²) >= 11 is 0. The van der Waals surface area contributed by atoms with Gasteiger partial charge in [0.05, 0.1) is 31.8 Å². The number of anilines is 1. The number of hydrogen-bond acceptors (Lipinski definition) is 6. The Balaban J connectivity index is 1.59. The second-order valence-corrected chi connectivity index (χ2v) is 5.14. The lowest BCUT2D eigenvalue weighted by atomic mass is 10.1. The maximum absolute atomic E-state index is 12.9. The molecule has 22 heavy (non-hydrogen) atoms. The van der Waals surface area contributed by atoms with Crippen LogP contribution in [0.2, 0.25) is 0 Å². The Kier molecular flexibility index (Phi) is 3.06. The van der Waals surface area contributed by atoms with E-state index in [0.29, 0.717) is 19.0 Å². The van der Waals surface area contributed by atoms with Crippen molar-refractivity contribution in [2.45, 2.75) is 19.5 Å². The summed E-state index contributed by atoms with van der Waals surface area (Å²) in [6.07, 6.45) is 8.43. The third-order valence-electron chi connectivity index (χ3n) is 3.69. The molecule has 0 aliphatic carbocycles. The van der Waals surface area contributed by atoms with E-state index in [1.165, 1.54) is 12.4 Å². The van der Waals surface area contributed by atoms with Crippen LogP contribution in [0.1, 0.15) is 17.0 Å². The fourth-order valence-electron chi connectivity index (χ4n) is 2.58. The van der Waals surface area contributed by atoms with Crippen molar-refractivity contribution in [2.75, 3.05) is 11.4 Å². The van der Waals surface area contributed by atoms with Gasteiger partial charge in [0.2, 0.25) is 5.95 Å². The molecule has 112 valence electrons. The highest BCUT2D eigenvalue weighted by molar-refractivity contribution is 5.38. The number of rotatable bonds is 3. The predicted octanol–water partition coefficient (Wildman–Crippen LogP) is 1.41. The van der Waals surface area contributed by atoms with Gasteiger partial charge in [0.15, 0.2) is 5.82 Å². The van der Waals surface area contributed by atoms with Crippen LogP contribution in [0.3, 0.4) is 0 Å². The summed E-state index contributed by atoms with van der Waals surface area (Å²) in [4.78, 5) is 14.1. The summed E-state index contributed by atoms with van der Waals surface area (Å²) in [5.74, 6) is 0.975. The van der Waals surface area contributed by atoms with Crippen molar-refractivity contribution in [3.8, 4) is 0 Å². The van der Waals surface area contributed by atoms with Gasteiger partial charge in [-0.3, -0.25) is 0 Å². The first-order valence-electron chi connectivity index (χ1n) is 6.94. The van der Waals surface area contributed by atoms with Crippen LogP contribution in [0.5, 0.6) is 0 Å².